The average molecular weight is 543 g/mol. The first-order chi connectivity index (χ1) is 17.2. The Morgan fingerprint density at radius 3 is 2.03 bits per heavy atom. The highest BCUT2D eigenvalue weighted by Crippen LogP contribution is 2.38. The number of nitrogens with zero attached hydrogens (tertiary/aromatic N) is 2. The monoisotopic (exact) mass is 543 g/mol. The number of aromatic nitrogens is 1. The molecule has 9 nitrogen and oxygen atoms in total. The Hall–Kier alpha value is -2.94. The number of nitrogens with one attached hydrogen (secondary N) is 1. The zero-order chi connectivity index (χ0) is 27.8. The first-order valence-electron chi connectivity index (χ1n) is 11.3. The topological polar surface area (TPSA) is 129 Å². The van der Waals surface area contributed by atoms with Crippen molar-refractivity contribution in [1.82, 2.24) is 9.88 Å². The third-order valence-corrected chi connectivity index (χ3v) is 6.26. The highest BCUT2D eigenvalue weighted by molar-refractivity contribution is 5.92. The van der Waals surface area contributed by atoms with E-state index in [0.29, 0.717) is 18.4 Å². The number of carbonyl (C=O) groups excluding carboxylic acids is 1. The molecular weight excluding hydrogens is 516 g/mol. The summed E-state index contributed by atoms with van der Waals surface area (Å²) in [6.07, 6.45) is -1.39. The minimum atomic E-state index is -5.08. The summed E-state index contributed by atoms with van der Waals surface area (Å²) in [7, 11) is 0. The summed E-state index contributed by atoms with van der Waals surface area (Å²) < 4.78 is 69.2. The Bertz CT molecular complexity index is 884. The van der Waals surface area contributed by atoms with Crippen molar-refractivity contribution in [1.29, 1.82) is 0 Å². The van der Waals surface area contributed by atoms with E-state index in [4.69, 9.17) is 24.5 Å². The van der Waals surface area contributed by atoms with Gasteiger partial charge in [-0.3, -0.25) is 14.7 Å². The van der Waals surface area contributed by atoms with Crippen molar-refractivity contribution in [3.63, 3.8) is 0 Å². The van der Waals surface area contributed by atoms with E-state index in [1.165, 1.54) is 25.7 Å². The molecule has 3 N–H and O–H groups in total. The molecule has 1 amide bonds. The van der Waals surface area contributed by atoms with Crippen LogP contribution in [0.25, 0.3) is 0 Å². The highest BCUT2D eigenvalue weighted by atomic mass is 19.4. The summed E-state index contributed by atoms with van der Waals surface area (Å²) in [6, 6.07) is 4.46. The summed E-state index contributed by atoms with van der Waals surface area (Å²) in [4.78, 5) is 37.2. The van der Waals surface area contributed by atoms with Crippen molar-refractivity contribution in [2.24, 2.45) is 17.8 Å². The third kappa shape index (κ3) is 9.46. The van der Waals surface area contributed by atoms with Gasteiger partial charge >= 0.3 is 24.3 Å². The van der Waals surface area contributed by atoms with Crippen LogP contribution in [-0.2, 0) is 19.1 Å². The molecule has 2 saturated heterocycles. The third-order valence-electron chi connectivity index (χ3n) is 6.26. The van der Waals surface area contributed by atoms with E-state index >= 15 is 0 Å². The van der Waals surface area contributed by atoms with Crippen LogP contribution >= 0.6 is 0 Å². The number of aliphatic carboxylic acids is 2. The van der Waals surface area contributed by atoms with Crippen LogP contribution in [0.15, 0.2) is 24.5 Å². The Balaban J connectivity index is 0.000000286. The number of carboxylic acids is 2. The molecule has 15 heteroatoms. The Labute approximate surface area is 207 Å². The summed E-state index contributed by atoms with van der Waals surface area (Å²) in [6.45, 7) is 3.52. The lowest BCUT2D eigenvalue weighted by Crippen LogP contribution is -2.42. The normalized spacial score (nSPS) is 24.1. The van der Waals surface area contributed by atoms with Crippen LogP contribution < -0.4 is 5.32 Å². The van der Waals surface area contributed by atoms with Gasteiger partial charge in [-0.25, -0.2) is 9.59 Å². The first-order valence-corrected chi connectivity index (χ1v) is 11.3. The number of carboxylic acid groups (broad SMARTS) is 2. The summed E-state index contributed by atoms with van der Waals surface area (Å²) in [5.74, 6) is -4.53. The van der Waals surface area contributed by atoms with E-state index in [9.17, 15) is 31.1 Å². The van der Waals surface area contributed by atoms with Crippen molar-refractivity contribution >= 4 is 23.5 Å². The number of rotatable bonds is 3. The number of likely N-dealkylation sites (tertiary alicyclic amines) is 1. The SMILES string of the molecule is O=C(Nc1cccnc1)[C@H]1COC[C@H]2CN(C3CCCC3)C[C@H]21.O=C(O)C(F)(F)F.O=C(O)C(F)(F)F. The predicted molar refractivity (Wildman–Crippen MR) is 115 cm³/mol. The fourth-order valence-electron chi connectivity index (χ4n) is 4.54. The Kier molecular flexibility index (Phi) is 10.7. The molecule has 0 radical (unpaired) electrons. The van der Waals surface area contributed by atoms with Gasteiger partial charge in [0.25, 0.3) is 0 Å². The fraction of sp³-hybridized carbons (Fsp3) is 0.636. The van der Waals surface area contributed by atoms with Gasteiger partial charge in [-0.2, -0.15) is 26.3 Å². The Morgan fingerprint density at radius 2 is 1.54 bits per heavy atom. The number of pyridine rings is 1. The van der Waals surface area contributed by atoms with Gasteiger partial charge in [0, 0.05) is 25.3 Å². The van der Waals surface area contributed by atoms with Gasteiger partial charge in [-0.1, -0.05) is 12.8 Å². The van der Waals surface area contributed by atoms with Gasteiger partial charge in [-0.15, -0.1) is 0 Å². The van der Waals surface area contributed by atoms with E-state index in [-0.39, 0.29) is 11.8 Å². The predicted octanol–water partition coefficient (Wildman–Crippen LogP) is 3.42. The second-order valence-corrected chi connectivity index (χ2v) is 8.80. The van der Waals surface area contributed by atoms with Crippen molar-refractivity contribution in [2.45, 2.75) is 44.1 Å². The van der Waals surface area contributed by atoms with Gasteiger partial charge in [0.15, 0.2) is 0 Å². The molecule has 3 atom stereocenters. The number of ether oxygens (including phenoxy) is 1. The molecular formula is C22H27F6N3O6. The highest BCUT2D eigenvalue weighted by Gasteiger charge is 2.45. The summed E-state index contributed by atoms with van der Waals surface area (Å²) >= 11 is 0. The number of halogens is 6. The molecule has 0 bridgehead atoms. The summed E-state index contributed by atoms with van der Waals surface area (Å²) in [5, 5.41) is 17.3. The molecule has 3 aliphatic rings. The number of alkyl halides is 6. The molecule has 3 fully saturated rings. The molecule has 1 aromatic rings. The van der Waals surface area contributed by atoms with E-state index < -0.39 is 24.3 Å². The lowest BCUT2D eigenvalue weighted by molar-refractivity contribution is -0.193. The van der Waals surface area contributed by atoms with E-state index in [1.807, 2.05) is 12.1 Å². The largest absolute Gasteiger partial charge is 0.490 e. The van der Waals surface area contributed by atoms with Gasteiger partial charge in [0.1, 0.15) is 0 Å². The molecule has 4 rings (SSSR count). The average Bonchev–Trinajstić information content (AvgIpc) is 3.49. The van der Waals surface area contributed by atoms with Crippen molar-refractivity contribution in [3.8, 4) is 0 Å². The number of carbonyl (C=O) groups is 3. The maximum atomic E-state index is 12.7. The van der Waals surface area contributed by atoms with Crippen LogP contribution in [0.2, 0.25) is 0 Å². The molecule has 1 aromatic heterocycles. The second kappa shape index (κ2) is 13.0. The number of fused-ring (bicyclic) bond motifs is 1. The van der Waals surface area contributed by atoms with Crippen LogP contribution in [-0.4, -0.2) is 82.6 Å². The molecule has 2 aliphatic heterocycles. The van der Waals surface area contributed by atoms with Crippen LogP contribution in [0, 0.1) is 17.8 Å². The Morgan fingerprint density at radius 1 is 0.973 bits per heavy atom. The van der Waals surface area contributed by atoms with Gasteiger partial charge < -0.3 is 20.3 Å². The standard InChI is InChI=1S/C18H25N3O2.2C2HF3O2/c22-18(20-14-4-3-7-19-8-14)17-12-23-11-13-9-21(10-16(13)17)15-5-1-2-6-15;2*3-2(4,5)1(6)7/h3-4,7-8,13,15-17H,1-2,5-6,9-12H2,(H,20,22);2*(H,6,7)/t13-,16-,17+;;/m1../s1. The molecule has 1 aliphatic carbocycles. The number of hydrogen-bond donors (Lipinski definition) is 3. The van der Waals surface area contributed by atoms with Crippen LogP contribution in [0.4, 0.5) is 32.0 Å². The van der Waals surface area contributed by atoms with Crippen LogP contribution in [0.1, 0.15) is 25.7 Å². The molecule has 3 heterocycles. The van der Waals surface area contributed by atoms with Gasteiger partial charge in [0.05, 0.1) is 31.0 Å². The first kappa shape index (κ1) is 30.3. The lowest BCUT2D eigenvalue weighted by Gasteiger charge is -2.32. The lowest BCUT2D eigenvalue weighted by atomic mass is 9.82. The quantitative estimate of drug-likeness (QED) is 0.495. The fourth-order valence-corrected chi connectivity index (χ4v) is 4.54. The molecule has 0 aromatic carbocycles. The van der Waals surface area contributed by atoms with Crippen molar-refractivity contribution < 1.29 is 55.7 Å². The second-order valence-electron chi connectivity index (χ2n) is 8.80. The zero-order valence-corrected chi connectivity index (χ0v) is 19.5. The molecule has 0 spiro atoms. The minimum absolute atomic E-state index is 0.0413. The molecule has 0 unspecified atom stereocenters. The number of anilines is 1. The van der Waals surface area contributed by atoms with Crippen molar-refractivity contribution in [2.75, 3.05) is 31.6 Å². The minimum Gasteiger partial charge on any atom is -0.475 e. The van der Waals surface area contributed by atoms with E-state index in [2.05, 4.69) is 15.2 Å². The van der Waals surface area contributed by atoms with Gasteiger partial charge in [0.2, 0.25) is 5.91 Å². The van der Waals surface area contributed by atoms with Crippen LogP contribution in [0.5, 0.6) is 0 Å². The maximum Gasteiger partial charge on any atom is 0.490 e. The van der Waals surface area contributed by atoms with Gasteiger partial charge in [-0.05, 0) is 36.8 Å². The van der Waals surface area contributed by atoms with Crippen molar-refractivity contribution in [3.05, 3.63) is 24.5 Å². The maximum absolute atomic E-state index is 12.7. The molecule has 208 valence electrons. The summed E-state index contributed by atoms with van der Waals surface area (Å²) in [5.41, 5.74) is 0.769. The number of amides is 1. The van der Waals surface area contributed by atoms with Crippen LogP contribution in [0.3, 0.4) is 0 Å². The van der Waals surface area contributed by atoms with E-state index in [1.54, 1.807) is 12.4 Å². The zero-order valence-electron chi connectivity index (χ0n) is 19.5. The smallest absolute Gasteiger partial charge is 0.475 e. The molecule has 37 heavy (non-hydrogen) atoms. The number of hydrogen-bond acceptors (Lipinski definition) is 6. The van der Waals surface area contributed by atoms with E-state index in [0.717, 1.165) is 31.4 Å². The molecule has 1 saturated carbocycles.